The molecule has 0 aliphatic carbocycles. The summed E-state index contributed by atoms with van der Waals surface area (Å²) in [5.74, 6) is 6.67. The number of anilines is 2. The number of fused-ring (bicyclic) bond motifs is 1. The van der Waals surface area contributed by atoms with Crippen LogP contribution < -0.4 is 5.32 Å². The molecule has 0 aliphatic heterocycles. The lowest BCUT2D eigenvalue weighted by atomic mass is 10.1. The van der Waals surface area contributed by atoms with Crippen molar-refractivity contribution in [3.8, 4) is 11.8 Å². The zero-order valence-electron chi connectivity index (χ0n) is 17.0. The van der Waals surface area contributed by atoms with Crippen molar-refractivity contribution in [2.24, 2.45) is 0 Å². The van der Waals surface area contributed by atoms with E-state index in [1.807, 2.05) is 12.1 Å². The van der Waals surface area contributed by atoms with Crippen molar-refractivity contribution in [2.75, 3.05) is 5.32 Å². The van der Waals surface area contributed by atoms with Gasteiger partial charge in [0.15, 0.2) is 0 Å². The topological polar surface area (TPSA) is 105 Å². The third kappa shape index (κ3) is 4.52. The van der Waals surface area contributed by atoms with E-state index in [4.69, 9.17) is 4.78 Å². The van der Waals surface area contributed by atoms with E-state index in [-0.39, 0.29) is 5.25 Å². The molecule has 1 unspecified atom stereocenters. The van der Waals surface area contributed by atoms with Crippen LogP contribution in [0.25, 0.3) is 10.8 Å². The SMILES string of the molecule is CC(C)S(=N)(=O)c1ccc(Nc2cc3c(C#Cc4cccnn4)nccc3cn2)cc1. The van der Waals surface area contributed by atoms with E-state index < -0.39 is 9.73 Å². The average Bonchev–Trinajstić information content (AvgIpc) is 2.78. The Hall–Kier alpha value is -3.83. The minimum absolute atomic E-state index is 0.248. The first kappa shape index (κ1) is 20.4. The van der Waals surface area contributed by atoms with E-state index in [0.717, 1.165) is 16.5 Å². The molecule has 154 valence electrons. The quantitative estimate of drug-likeness (QED) is 0.468. The molecule has 1 atom stereocenters. The molecule has 4 rings (SSSR count). The van der Waals surface area contributed by atoms with Crippen LogP contribution in [0.3, 0.4) is 0 Å². The first-order valence-electron chi connectivity index (χ1n) is 9.63. The van der Waals surface area contributed by atoms with Gasteiger partial charge in [0.2, 0.25) is 0 Å². The number of nitrogens with zero attached hydrogens (tertiary/aromatic N) is 4. The molecule has 7 nitrogen and oxygen atoms in total. The predicted molar refractivity (Wildman–Crippen MR) is 122 cm³/mol. The lowest BCUT2D eigenvalue weighted by molar-refractivity contribution is 0.667. The highest BCUT2D eigenvalue weighted by molar-refractivity contribution is 7.93. The van der Waals surface area contributed by atoms with Crippen molar-refractivity contribution in [1.82, 2.24) is 20.2 Å². The van der Waals surface area contributed by atoms with Gasteiger partial charge in [-0.2, -0.15) is 5.10 Å². The van der Waals surface area contributed by atoms with E-state index in [2.05, 4.69) is 37.3 Å². The summed E-state index contributed by atoms with van der Waals surface area (Å²) < 4.78 is 20.6. The third-order valence-electron chi connectivity index (χ3n) is 4.67. The molecule has 0 spiro atoms. The summed E-state index contributed by atoms with van der Waals surface area (Å²) in [6.45, 7) is 3.58. The van der Waals surface area contributed by atoms with Crippen molar-refractivity contribution in [1.29, 1.82) is 4.78 Å². The van der Waals surface area contributed by atoms with Crippen molar-refractivity contribution >= 4 is 32.0 Å². The van der Waals surface area contributed by atoms with E-state index in [9.17, 15) is 4.21 Å². The maximum atomic E-state index is 12.5. The van der Waals surface area contributed by atoms with Crippen LogP contribution in [0.2, 0.25) is 0 Å². The molecule has 0 bridgehead atoms. The standard InChI is InChI=1S/C23H20N6OS/c1-16(2)31(24,30)20-8-5-18(6-9-20)28-23-14-21-17(15-26-23)11-13-25-22(21)10-7-19-4-3-12-27-29-19/h3-6,8-9,11-16,24H,1-2H3,(H,26,28). The summed E-state index contributed by atoms with van der Waals surface area (Å²) in [6.07, 6.45) is 5.06. The Bertz CT molecular complexity index is 1390. The van der Waals surface area contributed by atoms with Gasteiger partial charge in [-0.1, -0.05) is 0 Å². The molecular formula is C23H20N6OS. The van der Waals surface area contributed by atoms with E-state index in [1.165, 1.54) is 0 Å². The fourth-order valence-corrected chi connectivity index (χ4v) is 3.97. The molecule has 2 N–H and O–H groups in total. The van der Waals surface area contributed by atoms with Crippen molar-refractivity contribution in [2.45, 2.75) is 24.0 Å². The van der Waals surface area contributed by atoms with Crippen LogP contribution in [0.5, 0.6) is 0 Å². The molecule has 8 heteroatoms. The van der Waals surface area contributed by atoms with Crippen LogP contribution in [0, 0.1) is 16.6 Å². The Morgan fingerprint density at radius 3 is 2.55 bits per heavy atom. The number of hydrogen-bond acceptors (Lipinski definition) is 7. The van der Waals surface area contributed by atoms with Crippen LogP contribution in [0.15, 0.2) is 72.0 Å². The van der Waals surface area contributed by atoms with Gasteiger partial charge in [-0.25, -0.2) is 19.0 Å². The average molecular weight is 429 g/mol. The highest BCUT2D eigenvalue weighted by Crippen LogP contribution is 2.24. The van der Waals surface area contributed by atoms with Gasteiger partial charge < -0.3 is 5.32 Å². The van der Waals surface area contributed by atoms with Gasteiger partial charge >= 0.3 is 0 Å². The van der Waals surface area contributed by atoms with E-state index >= 15 is 0 Å². The van der Waals surface area contributed by atoms with Crippen LogP contribution in [-0.2, 0) is 9.73 Å². The van der Waals surface area contributed by atoms with Crippen LogP contribution in [0.4, 0.5) is 11.5 Å². The number of benzene rings is 1. The van der Waals surface area contributed by atoms with Gasteiger partial charge in [0.25, 0.3) is 0 Å². The molecule has 0 amide bonds. The fraction of sp³-hybridized carbons (Fsp3) is 0.130. The van der Waals surface area contributed by atoms with Gasteiger partial charge in [0.05, 0.1) is 9.73 Å². The predicted octanol–water partition coefficient (Wildman–Crippen LogP) is 4.38. The molecule has 0 saturated heterocycles. The second-order valence-electron chi connectivity index (χ2n) is 7.11. The minimum atomic E-state index is -2.81. The molecule has 0 fully saturated rings. The van der Waals surface area contributed by atoms with Crippen LogP contribution in [-0.4, -0.2) is 29.6 Å². The van der Waals surface area contributed by atoms with Gasteiger partial charge in [-0.3, -0.25) is 0 Å². The van der Waals surface area contributed by atoms with E-state index in [1.54, 1.807) is 68.8 Å². The van der Waals surface area contributed by atoms with Crippen molar-refractivity contribution in [3.05, 3.63) is 78.5 Å². The molecule has 4 aromatic rings. The van der Waals surface area contributed by atoms with Crippen LogP contribution >= 0.6 is 0 Å². The first-order valence-corrected chi connectivity index (χ1v) is 11.2. The molecule has 1 aromatic carbocycles. The highest BCUT2D eigenvalue weighted by Gasteiger charge is 2.14. The Balaban J connectivity index is 1.63. The zero-order valence-corrected chi connectivity index (χ0v) is 17.9. The summed E-state index contributed by atoms with van der Waals surface area (Å²) in [5, 5.41) is 12.6. The second-order valence-corrected chi connectivity index (χ2v) is 9.72. The molecule has 0 saturated carbocycles. The monoisotopic (exact) mass is 428 g/mol. The summed E-state index contributed by atoms with van der Waals surface area (Å²) in [5.41, 5.74) is 1.97. The summed E-state index contributed by atoms with van der Waals surface area (Å²) >= 11 is 0. The van der Waals surface area contributed by atoms with Crippen molar-refractivity contribution < 1.29 is 4.21 Å². The Kier molecular flexibility index (Phi) is 5.60. The molecule has 0 aliphatic rings. The number of aromatic nitrogens is 4. The Labute approximate surface area is 181 Å². The molecule has 3 aromatic heterocycles. The lowest BCUT2D eigenvalue weighted by Crippen LogP contribution is -2.12. The summed E-state index contributed by atoms with van der Waals surface area (Å²) in [6, 6.07) is 14.4. The second kappa shape index (κ2) is 8.50. The van der Waals surface area contributed by atoms with Crippen LogP contribution in [0.1, 0.15) is 25.2 Å². The molecule has 31 heavy (non-hydrogen) atoms. The zero-order chi connectivity index (χ0) is 21.8. The van der Waals surface area contributed by atoms with Gasteiger partial charge in [-0.15, -0.1) is 5.10 Å². The first-order chi connectivity index (χ1) is 14.9. The normalized spacial score (nSPS) is 12.7. The number of nitrogens with one attached hydrogen (secondary N) is 2. The molecule has 0 radical (unpaired) electrons. The van der Waals surface area contributed by atoms with Crippen molar-refractivity contribution in [3.63, 3.8) is 0 Å². The fourth-order valence-electron chi connectivity index (χ4n) is 2.89. The number of rotatable bonds is 4. The summed E-state index contributed by atoms with van der Waals surface area (Å²) in [7, 11) is -2.81. The largest absolute Gasteiger partial charge is 0.340 e. The summed E-state index contributed by atoms with van der Waals surface area (Å²) in [4.78, 5) is 9.37. The maximum Gasteiger partial charge on any atom is 0.136 e. The smallest absolute Gasteiger partial charge is 0.136 e. The van der Waals surface area contributed by atoms with Gasteiger partial charge in [0.1, 0.15) is 17.2 Å². The van der Waals surface area contributed by atoms with Gasteiger partial charge in [-0.05, 0) is 74.2 Å². The maximum absolute atomic E-state index is 12.5. The van der Waals surface area contributed by atoms with Gasteiger partial charge in [0, 0.05) is 45.2 Å². The lowest BCUT2D eigenvalue weighted by Gasteiger charge is -2.12. The number of hydrogen-bond donors (Lipinski definition) is 2. The minimum Gasteiger partial charge on any atom is -0.340 e. The Morgan fingerprint density at radius 2 is 1.84 bits per heavy atom. The molecular weight excluding hydrogens is 408 g/mol. The molecule has 3 heterocycles. The Morgan fingerprint density at radius 1 is 1.03 bits per heavy atom. The highest BCUT2D eigenvalue weighted by atomic mass is 32.2. The number of pyridine rings is 2. The third-order valence-corrected chi connectivity index (χ3v) is 6.97. The van der Waals surface area contributed by atoms with E-state index in [0.29, 0.717) is 22.1 Å².